The Hall–Kier alpha value is -5.08. The quantitative estimate of drug-likeness (QED) is 0.205. The van der Waals surface area contributed by atoms with Gasteiger partial charge in [0.25, 0.3) is 0 Å². The Morgan fingerprint density at radius 2 is 1.20 bits per heavy atom. The maximum Gasteiger partial charge on any atom is 0.130 e. The third kappa shape index (κ3) is 4.88. The third-order valence-electron chi connectivity index (χ3n) is 7.61. The van der Waals surface area contributed by atoms with Crippen molar-refractivity contribution in [1.29, 1.82) is 0 Å². The Bertz CT molecular complexity index is 1910. The molecule has 0 amide bonds. The molecule has 1 atom stereocenters. The second kappa shape index (κ2) is 10.6. The van der Waals surface area contributed by atoms with E-state index in [0.29, 0.717) is 0 Å². The van der Waals surface area contributed by atoms with Crippen molar-refractivity contribution in [3.8, 4) is 0 Å². The molecule has 0 aromatic heterocycles. The number of benzene rings is 6. The topological polar surface area (TPSA) is 24.7 Å². The highest BCUT2D eigenvalue weighted by Gasteiger charge is 2.28. The summed E-state index contributed by atoms with van der Waals surface area (Å²) < 4.78 is 0. The lowest BCUT2D eigenvalue weighted by atomic mass is 9.88. The summed E-state index contributed by atoms with van der Waals surface area (Å²) in [6, 6.07) is 51.3. The van der Waals surface area contributed by atoms with Crippen molar-refractivity contribution < 1.29 is 0 Å². The summed E-state index contributed by atoms with van der Waals surface area (Å²) in [5.74, 6) is 1.00. The van der Waals surface area contributed by atoms with Crippen LogP contribution in [0.3, 0.4) is 0 Å². The summed E-state index contributed by atoms with van der Waals surface area (Å²) >= 11 is 0. The first-order valence-electron chi connectivity index (χ1n) is 13.8. The van der Waals surface area contributed by atoms with Gasteiger partial charge < -0.3 is 0 Å². The molecule has 40 heavy (non-hydrogen) atoms. The molecule has 2 heteroatoms. The van der Waals surface area contributed by atoms with Crippen LogP contribution >= 0.6 is 0 Å². The summed E-state index contributed by atoms with van der Waals surface area (Å²) in [7, 11) is 0. The van der Waals surface area contributed by atoms with Crippen LogP contribution in [-0.4, -0.2) is 11.5 Å². The van der Waals surface area contributed by atoms with Gasteiger partial charge in [0.2, 0.25) is 0 Å². The van der Waals surface area contributed by atoms with E-state index in [4.69, 9.17) is 9.98 Å². The van der Waals surface area contributed by atoms with Crippen LogP contribution in [0.5, 0.6) is 0 Å². The molecule has 7 rings (SSSR count). The molecule has 1 aliphatic rings. The molecule has 0 spiro atoms. The van der Waals surface area contributed by atoms with Gasteiger partial charge in [-0.3, -0.25) is 0 Å². The standard InChI is InChI=1S/C38H28N2/c1-3-11-27(12-4-1)23-36(33-21-19-28-13-7-9-17-31(28)24-33)39-37-26-35(30-15-5-2-6-16-30)38(40-37)34-22-20-29-14-8-10-18-32(29)25-34/h1-25,35H,26H2/b36-23+,39-37?. The van der Waals surface area contributed by atoms with Crippen LogP contribution in [0.2, 0.25) is 0 Å². The highest BCUT2D eigenvalue weighted by molar-refractivity contribution is 6.18. The minimum Gasteiger partial charge on any atom is -0.237 e. The van der Waals surface area contributed by atoms with Gasteiger partial charge in [-0.1, -0.05) is 133 Å². The van der Waals surface area contributed by atoms with E-state index in [2.05, 4.69) is 146 Å². The molecule has 1 aliphatic heterocycles. The lowest BCUT2D eigenvalue weighted by Crippen LogP contribution is -2.09. The van der Waals surface area contributed by atoms with E-state index in [0.717, 1.165) is 40.4 Å². The maximum atomic E-state index is 5.25. The second-order valence-corrected chi connectivity index (χ2v) is 10.3. The highest BCUT2D eigenvalue weighted by Crippen LogP contribution is 2.34. The van der Waals surface area contributed by atoms with Crippen LogP contribution in [0.15, 0.2) is 156 Å². The Morgan fingerprint density at radius 3 is 1.93 bits per heavy atom. The van der Waals surface area contributed by atoms with Crippen molar-refractivity contribution >= 4 is 44.9 Å². The van der Waals surface area contributed by atoms with Crippen LogP contribution in [0, 0.1) is 0 Å². The molecule has 0 saturated heterocycles. The minimum atomic E-state index is 0.149. The van der Waals surface area contributed by atoms with Gasteiger partial charge in [0, 0.05) is 17.9 Å². The van der Waals surface area contributed by atoms with E-state index in [1.807, 2.05) is 6.07 Å². The highest BCUT2D eigenvalue weighted by atomic mass is 15.0. The average Bonchev–Trinajstić information content (AvgIpc) is 3.45. The molecule has 1 unspecified atom stereocenters. The number of aliphatic imine (C=N–C) groups is 2. The molecular formula is C38H28N2. The van der Waals surface area contributed by atoms with Crippen molar-refractivity contribution in [2.75, 3.05) is 0 Å². The molecule has 0 N–H and O–H groups in total. The predicted octanol–water partition coefficient (Wildman–Crippen LogP) is 9.57. The van der Waals surface area contributed by atoms with Gasteiger partial charge in [-0.05, 0) is 56.4 Å². The van der Waals surface area contributed by atoms with Crippen LogP contribution < -0.4 is 0 Å². The van der Waals surface area contributed by atoms with Crippen molar-refractivity contribution in [3.05, 3.63) is 168 Å². The molecule has 0 bridgehead atoms. The normalized spacial score (nSPS) is 16.5. The van der Waals surface area contributed by atoms with E-state index in [-0.39, 0.29) is 5.92 Å². The van der Waals surface area contributed by atoms with Gasteiger partial charge in [-0.25, -0.2) is 9.98 Å². The molecule has 6 aromatic carbocycles. The van der Waals surface area contributed by atoms with Crippen molar-refractivity contribution in [1.82, 2.24) is 0 Å². The maximum absolute atomic E-state index is 5.25. The van der Waals surface area contributed by atoms with E-state index in [9.17, 15) is 0 Å². The van der Waals surface area contributed by atoms with E-state index >= 15 is 0 Å². The zero-order valence-corrected chi connectivity index (χ0v) is 22.1. The number of rotatable bonds is 5. The first-order chi connectivity index (χ1) is 19.8. The fourth-order valence-electron chi connectivity index (χ4n) is 5.56. The molecule has 0 radical (unpaired) electrons. The Morgan fingerprint density at radius 1 is 0.600 bits per heavy atom. The first-order valence-corrected chi connectivity index (χ1v) is 13.8. The fourth-order valence-corrected chi connectivity index (χ4v) is 5.56. The third-order valence-corrected chi connectivity index (χ3v) is 7.61. The van der Waals surface area contributed by atoms with Gasteiger partial charge in [0.1, 0.15) is 5.84 Å². The summed E-state index contributed by atoms with van der Waals surface area (Å²) in [6.45, 7) is 0. The monoisotopic (exact) mass is 512 g/mol. The summed E-state index contributed by atoms with van der Waals surface area (Å²) in [6.07, 6.45) is 2.92. The zero-order chi connectivity index (χ0) is 26.7. The smallest absolute Gasteiger partial charge is 0.130 e. The minimum absolute atomic E-state index is 0.149. The van der Waals surface area contributed by atoms with Gasteiger partial charge in [0.05, 0.1) is 11.4 Å². The van der Waals surface area contributed by atoms with Gasteiger partial charge >= 0.3 is 0 Å². The number of fused-ring (bicyclic) bond motifs is 2. The van der Waals surface area contributed by atoms with E-state index in [1.54, 1.807) is 0 Å². The van der Waals surface area contributed by atoms with Crippen LogP contribution in [0.1, 0.15) is 34.6 Å². The molecule has 2 nitrogen and oxygen atoms in total. The molecule has 0 fully saturated rings. The predicted molar refractivity (Wildman–Crippen MR) is 170 cm³/mol. The Labute approximate surface area is 234 Å². The molecular weight excluding hydrogens is 484 g/mol. The zero-order valence-electron chi connectivity index (χ0n) is 22.1. The molecule has 0 aliphatic carbocycles. The van der Waals surface area contributed by atoms with Gasteiger partial charge in [0.15, 0.2) is 0 Å². The van der Waals surface area contributed by atoms with Crippen molar-refractivity contribution in [2.24, 2.45) is 9.98 Å². The lowest BCUT2D eigenvalue weighted by Gasteiger charge is -2.14. The number of nitrogens with zero attached hydrogens (tertiary/aromatic N) is 2. The summed E-state index contributed by atoms with van der Waals surface area (Å²) in [5, 5.41) is 4.88. The van der Waals surface area contributed by atoms with Crippen molar-refractivity contribution in [2.45, 2.75) is 12.3 Å². The number of hydrogen-bond donors (Lipinski definition) is 0. The summed E-state index contributed by atoms with van der Waals surface area (Å²) in [4.78, 5) is 10.5. The largest absolute Gasteiger partial charge is 0.237 e. The molecule has 190 valence electrons. The Kier molecular flexibility index (Phi) is 6.35. The van der Waals surface area contributed by atoms with Crippen molar-refractivity contribution in [3.63, 3.8) is 0 Å². The number of hydrogen-bond acceptors (Lipinski definition) is 1. The average molecular weight is 513 g/mol. The SMILES string of the molecule is C(=C(\N=C1CC(c2ccccc2)C(c2ccc3ccccc3c2)=N1)c1ccc2ccccc2c1)/c1ccccc1. The molecule has 6 aromatic rings. The van der Waals surface area contributed by atoms with E-state index < -0.39 is 0 Å². The van der Waals surface area contributed by atoms with Gasteiger partial charge in [-0.2, -0.15) is 0 Å². The van der Waals surface area contributed by atoms with Crippen LogP contribution in [-0.2, 0) is 0 Å². The van der Waals surface area contributed by atoms with Crippen LogP contribution in [0.4, 0.5) is 0 Å². The summed E-state index contributed by atoms with van der Waals surface area (Å²) in [5.41, 5.74) is 6.61. The van der Waals surface area contributed by atoms with E-state index in [1.165, 1.54) is 27.1 Å². The first kappa shape index (κ1) is 24.0. The second-order valence-electron chi connectivity index (χ2n) is 10.3. The number of amidine groups is 1. The lowest BCUT2D eigenvalue weighted by molar-refractivity contribution is 0.969. The Balaban J connectivity index is 1.36. The molecule has 0 saturated carbocycles. The van der Waals surface area contributed by atoms with Gasteiger partial charge in [-0.15, -0.1) is 0 Å². The fraction of sp³-hybridized carbons (Fsp3) is 0.0526. The van der Waals surface area contributed by atoms with Crippen LogP contribution in [0.25, 0.3) is 33.3 Å². The molecule has 1 heterocycles.